The SMILES string of the molecule is NC(=O)c1ccc(O[C@H]2CCC[C@@H]2O)c(=O)o1. The van der Waals surface area contributed by atoms with Gasteiger partial charge in [0.05, 0.1) is 6.10 Å². The number of carbonyl (C=O) groups is 1. The van der Waals surface area contributed by atoms with Gasteiger partial charge in [0.15, 0.2) is 5.76 Å². The molecule has 92 valence electrons. The Kier molecular flexibility index (Phi) is 3.14. The third-order valence-corrected chi connectivity index (χ3v) is 2.73. The van der Waals surface area contributed by atoms with Gasteiger partial charge in [-0.3, -0.25) is 4.79 Å². The van der Waals surface area contributed by atoms with E-state index in [0.29, 0.717) is 12.8 Å². The zero-order valence-corrected chi connectivity index (χ0v) is 9.09. The van der Waals surface area contributed by atoms with E-state index in [9.17, 15) is 14.7 Å². The first kappa shape index (κ1) is 11.7. The smallest absolute Gasteiger partial charge is 0.379 e. The van der Waals surface area contributed by atoms with Crippen molar-refractivity contribution in [2.45, 2.75) is 31.5 Å². The molecule has 1 saturated carbocycles. The third kappa shape index (κ3) is 2.47. The number of rotatable bonds is 3. The number of nitrogens with two attached hydrogens (primary N) is 1. The highest BCUT2D eigenvalue weighted by molar-refractivity contribution is 5.89. The van der Waals surface area contributed by atoms with Gasteiger partial charge in [-0.2, -0.15) is 0 Å². The first-order chi connectivity index (χ1) is 8.08. The maximum atomic E-state index is 11.5. The number of hydrogen-bond donors (Lipinski definition) is 2. The fraction of sp³-hybridized carbons (Fsp3) is 0.455. The van der Waals surface area contributed by atoms with Crippen molar-refractivity contribution in [3.63, 3.8) is 0 Å². The van der Waals surface area contributed by atoms with E-state index in [0.717, 1.165) is 6.42 Å². The highest BCUT2D eigenvalue weighted by Crippen LogP contribution is 2.23. The molecule has 0 unspecified atom stereocenters. The Bertz CT molecular complexity index is 481. The Hall–Kier alpha value is -1.82. The van der Waals surface area contributed by atoms with Crippen molar-refractivity contribution >= 4 is 5.91 Å². The monoisotopic (exact) mass is 239 g/mol. The highest BCUT2D eigenvalue weighted by Gasteiger charge is 2.27. The highest BCUT2D eigenvalue weighted by atomic mass is 16.5. The van der Waals surface area contributed by atoms with Crippen LogP contribution in [0.3, 0.4) is 0 Å². The molecule has 1 amide bonds. The molecule has 6 nitrogen and oxygen atoms in total. The lowest BCUT2D eigenvalue weighted by Crippen LogP contribution is -2.28. The first-order valence-electron chi connectivity index (χ1n) is 5.36. The van der Waals surface area contributed by atoms with E-state index >= 15 is 0 Å². The Labute approximate surface area is 97.0 Å². The van der Waals surface area contributed by atoms with Gasteiger partial charge in [-0.15, -0.1) is 0 Å². The van der Waals surface area contributed by atoms with Crippen LogP contribution in [0.2, 0.25) is 0 Å². The molecular weight excluding hydrogens is 226 g/mol. The molecule has 0 radical (unpaired) electrons. The van der Waals surface area contributed by atoms with Crippen LogP contribution in [0.15, 0.2) is 21.3 Å². The molecule has 0 aromatic carbocycles. The molecule has 1 aromatic heterocycles. The van der Waals surface area contributed by atoms with Crippen molar-refractivity contribution in [2.24, 2.45) is 5.73 Å². The van der Waals surface area contributed by atoms with Crippen molar-refractivity contribution in [2.75, 3.05) is 0 Å². The zero-order chi connectivity index (χ0) is 12.4. The summed E-state index contributed by atoms with van der Waals surface area (Å²) in [6.07, 6.45) is 1.26. The lowest BCUT2D eigenvalue weighted by atomic mass is 10.2. The summed E-state index contributed by atoms with van der Waals surface area (Å²) < 4.78 is 10.0. The second-order valence-corrected chi connectivity index (χ2v) is 3.97. The van der Waals surface area contributed by atoms with Gasteiger partial charge in [-0.05, 0) is 31.4 Å². The van der Waals surface area contributed by atoms with Crippen LogP contribution in [0.4, 0.5) is 0 Å². The number of aliphatic hydroxyl groups is 1. The lowest BCUT2D eigenvalue weighted by Gasteiger charge is -2.15. The molecule has 1 aliphatic carbocycles. The van der Waals surface area contributed by atoms with Gasteiger partial charge in [-0.1, -0.05) is 0 Å². The molecule has 0 aliphatic heterocycles. The van der Waals surface area contributed by atoms with Gasteiger partial charge in [0.25, 0.3) is 5.91 Å². The Balaban J connectivity index is 2.17. The van der Waals surface area contributed by atoms with E-state index in [2.05, 4.69) is 4.42 Å². The summed E-state index contributed by atoms with van der Waals surface area (Å²) in [5.74, 6) is -1.04. The lowest BCUT2D eigenvalue weighted by molar-refractivity contribution is 0.0576. The van der Waals surface area contributed by atoms with Gasteiger partial charge in [0.2, 0.25) is 5.75 Å². The van der Waals surface area contributed by atoms with Crippen molar-refractivity contribution in [3.05, 3.63) is 28.3 Å². The number of hydrogen-bond acceptors (Lipinski definition) is 5. The number of aliphatic hydroxyl groups excluding tert-OH is 1. The predicted octanol–water partition coefficient (Wildman–Crippen LogP) is 0.0309. The molecule has 1 fully saturated rings. The Morgan fingerprint density at radius 2 is 2.24 bits per heavy atom. The quantitative estimate of drug-likeness (QED) is 0.774. The molecule has 0 bridgehead atoms. The van der Waals surface area contributed by atoms with Crippen molar-refractivity contribution in [3.8, 4) is 5.75 Å². The van der Waals surface area contributed by atoms with Gasteiger partial charge in [0.1, 0.15) is 6.10 Å². The van der Waals surface area contributed by atoms with Crippen LogP contribution in [0, 0.1) is 0 Å². The molecule has 0 spiro atoms. The van der Waals surface area contributed by atoms with Crippen LogP contribution in [-0.2, 0) is 0 Å². The average Bonchev–Trinajstić information content (AvgIpc) is 2.67. The summed E-state index contributed by atoms with van der Waals surface area (Å²) >= 11 is 0. The summed E-state index contributed by atoms with van der Waals surface area (Å²) in [4.78, 5) is 22.2. The summed E-state index contributed by atoms with van der Waals surface area (Å²) in [7, 11) is 0. The molecule has 1 aromatic rings. The zero-order valence-electron chi connectivity index (χ0n) is 9.09. The van der Waals surface area contributed by atoms with Crippen molar-refractivity contribution < 1.29 is 19.1 Å². The van der Waals surface area contributed by atoms with Crippen LogP contribution in [0.25, 0.3) is 0 Å². The minimum absolute atomic E-state index is 0.0130. The number of carbonyl (C=O) groups excluding carboxylic acids is 1. The standard InChI is InChI=1S/C11H13NO5/c12-10(14)8-4-5-9(11(15)17-8)16-7-3-1-2-6(7)13/h4-7,13H,1-3H2,(H2,12,14)/t6-,7-/m0/s1. The van der Waals surface area contributed by atoms with E-state index in [1.165, 1.54) is 12.1 Å². The predicted molar refractivity (Wildman–Crippen MR) is 57.8 cm³/mol. The van der Waals surface area contributed by atoms with E-state index in [1.807, 2.05) is 0 Å². The Morgan fingerprint density at radius 3 is 2.76 bits per heavy atom. The van der Waals surface area contributed by atoms with Crippen LogP contribution in [-0.4, -0.2) is 23.2 Å². The van der Waals surface area contributed by atoms with Gasteiger partial charge in [-0.25, -0.2) is 4.79 Å². The largest absolute Gasteiger partial charge is 0.480 e. The minimum atomic E-state index is -0.811. The van der Waals surface area contributed by atoms with Gasteiger partial charge < -0.3 is 20.0 Å². The number of amides is 1. The fourth-order valence-electron chi connectivity index (χ4n) is 1.83. The van der Waals surface area contributed by atoms with Crippen LogP contribution < -0.4 is 16.1 Å². The third-order valence-electron chi connectivity index (χ3n) is 2.73. The molecule has 1 heterocycles. The van der Waals surface area contributed by atoms with Crippen molar-refractivity contribution in [1.29, 1.82) is 0 Å². The topological polar surface area (TPSA) is 103 Å². The summed E-state index contributed by atoms with van der Waals surface area (Å²) in [6, 6.07) is 2.61. The van der Waals surface area contributed by atoms with E-state index in [4.69, 9.17) is 10.5 Å². The van der Waals surface area contributed by atoms with Crippen LogP contribution in [0.5, 0.6) is 5.75 Å². The molecule has 1 aliphatic rings. The first-order valence-corrected chi connectivity index (χ1v) is 5.36. The van der Waals surface area contributed by atoms with E-state index in [-0.39, 0.29) is 11.5 Å². The molecule has 3 N–H and O–H groups in total. The molecular formula is C11H13NO5. The van der Waals surface area contributed by atoms with Gasteiger partial charge >= 0.3 is 5.63 Å². The molecule has 2 rings (SSSR count). The summed E-state index contributed by atoms with van der Waals surface area (Å²) in [5, 5.41) is 9.55. The van der Waals surface area contributed by atoms with Crippen LogP contribution >= 0.6 is 0 Å². The minimum Gasteiger partial charge on any atom is -0.480 e. The summed E-state index contributed by atoms with van der Waals surface area (Å²) in [5.41, 5.74) is 4.20. The maximum Gasteiger partial charge on any atom is 0.379 e. The molecule has 6 heteroatoms. The van der Waals surface area contributed by atoms with E-state index < -0.39 is 23.7 Å². The van der Waals surface area contributed by atoms with Crippen LogP contribution in [0.1, 0.15) is 29.8 Å². The number of ether oxygens (including phenoxy) is 1. The summed E-state index contributed by atoms with van der Waals surface area (Å²) in [6.45, 7) is 0. The molecule has 2 atom stereocenters. The van der Waals surface area contributed by atoms with Gasteiger partial charge in [0, 0.05) is 0 Å². The maximum absolute atomic E-state index is 11.5. The van der Waals surface area contributed by atoms with E-state index in [1.54, 1.807) is 0 Å². The average molecular weight is 239 g/mol. The number of primary amides is 1. The Morgan fingerprint density at radius 1 is 1.47 bits per heavy atom. The molecule has 0 saturated heterocycles. The second kappa shape index (κ2) is 4.58. The fourth-order valence-corrected chi connectivity index (χ4v) is 1.83. The normalized spacial score (nSPS) is 23.6. The molecule has 17 heavy (non-hydrogen) atoms. The second-order valence-electron chi connectivity index (χ2n) is 3.97. The van der Waals surface area contributed by atoms with Crippen molar-refractivity contribution in [1.82, 2.24) is 0 Å².